The molecule has 0 spiro atoms. The molecule has 0 aliphatic carbocycles. The van der Waals surface area contributed by atoms with E-state index in [1.165, 1.54) is 6.92 Å². The maximum atomic E-state index is 12.2. The summed E-state index contributed by atoms with van der Waals surface area (Å²) in [6, 6.07) is 3.73. The second-order valence-corrected chi connectivity index (χ2v) is 7.81. The van der Waals surface area contributed by atoms with Crippen LogP contribution in [0.4, 0.5) is 5.69 Å². The molecule has 0 saturated carbocycles. The molecular formula is C13H16Cl2N2O4S. The van der Waals surface area contributed by atoms with Gasteiger partial charge in [-0.15, -0.1) is 0 Å². The van der Waals surface area contributed by atoms with Gasteiger partial charge in [-0.25, -0.2) is 8.42 Å². The molecule has 2 N–H and O–H groups in total. The van der Waals surface area contributed by atoms with Crippen molar-refractivity contribution in [2.75, 3.05) is 17.3 Å². The molecule has 1 aromatic rings. The molecule has 1 atom stereocenters. The van der Waals surface area contributed by atoms with Crippen molar-refractivity contribution < 1.29 is 18.0 Å². The molecule has 0 bridgehead atoms. The van der Waals surface area contributed by atoms with Crippen molar-refractivity contribution in [3.8, 4) is 0 Å². The average molecular weight is 367 g/mol. The highest BCUT2D eigenvalue weighted by Crippen LogP contribution is 2.29. The maximum absolute atomic E-state index is 12.2. The van der Waals surface area contributed by atoms with Gasteiger partial charge in [-0.3, -0.25) is 9.59 Å². The molecule has 122 valence electrons. The van der Waals surface area contributed by atoms with Crippen LogP contribution >= 0.6 is 23.2 Å². The van der Waals surface area contributed by atoms with Crippen molar-refractivity contribution in [2.24, 2.45) is 0 Å². The molecule has 6 nitrogen and oxygen atoms in total. The molecule has 0 fully saturated rings. The number of hydrogen-bond donors (Lipinski definition) is 2. The fourth-order valence-electron chi connectivity index (χ4n) is 1.67. The van der Waals surface area contributed by atoms with Gasteiger partial charge < -0.3 is 10.6 Å². The van der Waals surface area contributed by atoms with Gasteiger partial charge in [0.25, 0.3) is 0 Å². The van der Waals surface area contributed by atoms with Crippen LogP contribution in [0.2, 0.25) is 10.0 Å². The molecule has 9 heteroatoms. The van der Waals surface area contributed by atoms with Crippen LogP contribution in [0.3, 0.4) is 0 Å². The summed E-state index contributed by atoms with van der Waals surface area (Å²) in [6.45, 7) is 1.24. The van der Waals surface area contributed by atoms with Crippen molar-refractivity contribution in [3.05, 3.63) is 28.2 Å². The van der Waals surface area contributed by atoms with E-state index in [9.17, 15) is 18.0 Å². The predicted octanol–water partition coefficient (Wildman–Crippen LogP) is 1.87. The highest BCUT2D eigenvalue weighted by molar-refractivity contribution is 7.90. The Morgan fingerprint density at radius 3 is 2.45 bits per heavy atom. The van der Waals surface area contributed by atoms with Gasteiger partial charge in [-0.1, -0.05) is 29.3 Å². The molecule has 0 radical (unpaired) electrons. The SMILES string of the molecule is CC(=O)N[C@H](CCS(C)(=O)=O)C(=O)Nc1cccc(Cl)c1Cl. The van der Waals surface area contributed by atoms with E-state index >= 15 is 0 Å². The minimum Gasteiger partial charge on any atom is -0.345 e. The molecule has 2 amide bonds. The summed E-state index contributed by atoms with van der Waals surface area (Å²) in [5.41, 5.74) is 0.286. The third-order valence-electron chi connectivity index (χ3n) is 2.68. The lowest BCUT2D eigenvalue weighted by atomic mass is 10.2. The summed E-state index contributed by atoms with van der Waals surface area (Å²) in [4.78, 5) is 23.4. The third-order valence-corrected chi connectivity index (χ3v) is 4.48. The van der Waals surface area contributed by atoms with Crippen LogP contribution < -0.4 is 10.6 Å². The Hall–Kier alpha value is -1.31. The Balaban J connectivity index is 2.87. The highest BCUT2D eigenvalue weighted by Gasteiger charge is 2.22. The Kier molecular flexibility index (Phi) is 6.65. The normalized spacial score (nSPS) is 12.5. The van der Waals surface area contributed by atoms with E-state index in [-0.39, 0.29) is 27.9 Å². The van der Waals surface area contributed by atoms with Crippen LogP contribution in [0.1, 0.15) is 13.3 Å². The second kappa shape index (κ2) is 7.80. The van der Waals surface area contributed by atoms with Gasteiger partial charge in [-0.2, -0.15) is 0 Å². The zero-order chi connectivity index (χ0) is 16.9. The standard InChI is InChI=1S/C13H16Cl2N2O4S/c1-8(18)16-11(6-7-22(2,20)21)13(19)17-10-5-3-4-9(14)12(10)15/h3-5,11H,6-7H2,1-2H3,(H,16,18)(H,17,19)/t11-/m1/s1. The number of rotatable bonds is 6. The minimum absolute atomic E-state index is 0.0393. The molecular weight excluding hydrogens is 351 g/mol. The van der Waals surface area contributed by atoms with Gasteiger partial charge in [0, 0.05) is 13.2 Å². The number of benzene rings is 1. The first-order valence-electron chi connectivity index (χ1n) is 6.30. The van der Waals surface area contributed by atoms with Gasteiger partial charge in [-0.05, 0) is 18.6 Å². The molecule has 0 aliphatic heterocycles. The van der Waals surface area contributed by atoms with Crippen LogP contribution in [-0.4, -0.2) is 38.3 Å². The first kappa shape index (κ1) is 18.7. The predicted molar refractivity (Wildman–Crippen MR) is 87.0 cm³/mol. The Morgan fingerprint density at radius 2 is 1.91 bits per heavy atom. The van der Waals surface area contributed by atoms with Gasteiger partial charge in [0.2, 0.25) is 11.8 Å². The van der Waals surface area contributed by atoms with Crippen LogP contribution in [0.25, 0.3) is 0 Å². The molecule has 22 heavy (non-hydrogen) atoms. The molecule has 0 heterocycles. The summed E-state index contributed by atoms with van der Waals surface area (Å²) in [6.07, 6.45) is 1.02. The lowest BCUT2D eigenvalue weighted by Crippen LogP contribution is -2.44. The van der Waals surface area contributed by atoms with E-state index in [1.54, 1.807) is 18.2 Å². The molecule has 1 aromatic carbocycles. The molecule has 0 saturated heterocycles. The lowest BCUT2D eigenvalue weighted by molar-refractivity contribution is -0.125. The average Bonchev–Trinajstić information content (AvgIpc) is 2.38. The second-order valence-electron chi connectivity index (χ2n) is 4.76. The van der Waals surface area contributed by atoms with E-state index < -0.39 is 27.7 Å². The summed E-state index contributed by atoms with van der Waals surface area (Å²) in [5.74, 6) is -1.23. The van der Waals surface area contributed by atoms with Crippen molar-refractivity contribution in [1.29, 1.82) is 0 Å². The quantitative estimate of drug-likeness (QED) is 0.803. The molecule has 1 rings (SSSR count). The zero-order valence-electron chi connectivity index (χ0n) is 12.0. The summed E-state index contributed by atoms with van der Waals surface area (Å²) < 4.78 is 22.4. The van der Waals surface area contributed by atoms with E-state index in [0.717, 1.165) is 6.26 Å². The number of carbonyl (C=O) groups is 2. The summed E-state index contributed by atoms with van der Waals surface area (Å²) in [5, 5.41) is 5.38. The number of halogens is 2. The van der Waals surface area contributed by atoms with Gasteiger partial charge in [0.15, 0.2) is 0 Å². The fraction of sp³-hybridized carbons (Fsp3) is 0.385. The smallest absolute Gasteiger partial charge is 0.247 e. The van der Waals surface area contributed by atoms with Crippen molar-refractivity contribution in [1.82, 2.24) is 5.32 Å². The van der Waals surface area contributed by atoms with Crippen molar-refractivity contribution >= 4 is 50.5 Å². The topological polar surface area (TPSA) is 92.3 Å². The number of nitrogens with one attached hydrogen (secondary N) is 2. The first-order chi connectivity index (χ1) is 10.1. The van der Waals surface area contributed by atoms with Gasteiger partial charge in [0.05, 0.1) is 21.5 Å². The van der Waals surface area contributed by atoms with E-state index in [4.69, 9.17) is 23.2 Å². The number of amides is 2. The Bertz CT molecular complexity index is 677. The van der Waals surface area contributed by atoms with Crippen LogP contribution in [-0.2, 0) is 19.4 Å². The fourth-order valence-corrected chi connectivity index (χ4v) is 2.68. The lowest BCUT2D eigenvalue weighted by Gasteiger charge is -2.18. The third kappa shape index (κ3) is 6.21. The molecule has 0 aliphatic rings. The van der Waals surface area contributed by atoms with Gasteiger partial charge in [0.1, 0.15) is 15.9 Å². The van der Waals surface area contributed by atoms with Crippen molar-refractivity contribution in [3.63, 3.8) is 0 Å². The van der Waals surface area contributed by atoms with Crippen LogP contribution in [0.5, 0.6) is 0 Å². The minimum atomic E-state index is -3.25. The number of carbonyl (C=O) groups excluding carboxylic acids is 2. The van der Waals surface area contributed by atoms with Crippen LogP contribution in [0.15, 0.2) is 18.2 Å². The van der Waals surface area contributed by atoms with E-state index in [2.05, 4.69) is 10.6 Å². The highest BCUT2D eigenvalue weighted by atomic mass is 35.5. The van der Waals surface area contributed by atoms with Crippen LogP contribution in [0, 0.1) is 0 Å². The summed E-state index contributed by atoms with van der Waals surface area (Å²) in [7, 11) is -3.25. The maximum Gasteiger partial charge on any atom is 0.247 e. The number of hydrogen-bond acceptors (Lipinski definition) is 4. The van der Waals surface area contributed by atoms with E-state index in [1.807, 2.05) is 0 Å². The van der Waals surface area contributed by atoms with Gasteiger partial charge >= 0.3 is 0 Å². The Morgan fingerprint density at radius 1 is 1.27 bits per heavy atom. The zero-order valence-corrected chi connectivity index (χ0v) is 14.3. The molecule has 0 unspecified atom stereocenters. The van der Waals surface area contributed by atoms with E-state index in [0.29, 0.717) is 0 Å². The summed E-state index contributed by atoms with van der Waals surface area (Å²) >= 11 is 11.8. The number of anilines is 1. The Labute approximate surface area is 139 Å². The molecule has 0 aromatic heterocycles. The number of sulfone groups is 1. The van der Waals surface area contributed by atoms with Crippen molar-refractivity contribution in [2.45, 2.75) is 19.4 Å². The first-order valence-corrected chi connectivity index (χ1v) is 9.11. The monoisotopic (exact) mass is 366 g/mol. The largest absolute Gasteiger partial charge is 0.345 e.